The first-order valence-corrected chi connectivity index (χ1v) is 14.5. The summed E-state index contributed by atoms with van der Waals surface area (Å²) in [7, 11) is 0. The molecule has 3 aromatic heterocycles. The SMILES string of the molecule is C=Cc1ncc(C#N)c2c1N(C(=O)c1cnc(Nc3s[nH]c(=O)c3C(N)=NCCc3ccc4c(c3)NC(=O)C4)s1)CC2. The van der Waals surface area contributed by atoms with Crippen LogP contribution in [-0.2, 0) is 24.1 Å². The molecule has 0 atom stereocenters. The Morgan fingerprint density at radius 2 is 2.17 bits per heavy atom. The molecule has 42 heavy (non-hydrogen) atoms. The molecule has 0 saturated heterocycles. The summed E-state index contributed by atoms with van der Waals surface area (Å²) >= 11 is 2.19. The zero-order valence-corrected chi connectivity index (χ0v) is 23.7. The Hall–Kier alpha value is -5.13. The number of H-pyrrole nitrogens is 1. The number of pyridine rings is 1. The molecule has 2 aliphatic rings. The smallest absolute Gasteiger partial charge is 0.271 e. The number of carbonyl (C=O) groups is 2. The molecular weight excluding hydrogens is 575 g/mol. The molecule has 5 N–H and O–H groups in total. The molecule has 0 aliphatic carbocycles. The lowest BCUT2D eigenvalue weighted by molar-refractivity contribution is -0.115. The number of aromatic amines is 1. The molecule has 0 unspecified atom stereocenters. The Bertz CT molecular complexity index is 1900. The van der Waals surface area contributed by atoms with Gasteiger partial charge in [0.25, 0.3) is 11.5 Å². The number of amides is 2. The van der Waals surface area contributed by atoms with E-state index >= 15 is 0 Å². The van der Waals surface area contributed by atoms with Gasteiger partial charge in [-0.3, -0.25) is 28.7 Å². The van der Waals surface area contributed by atoms with Crippen molar-refractivity contribution < 1.29 is 9.59 Å². The lowest BCUT2D eigenvalue weighted by Crippen LogP contribution is -2.28. The predicted molar refractivity (Wildman–Crippen MR) is 163 cm³/mol. The van der Waals surface area contributed by atoms with E-state index in [2.05, 4.69) is 42.6 Å². The summed E-state index contributed by atoms with van der Waals surface area (Å²) in [4.78, 5) is 52.6. The first kappa shape index (κ1) is 27.1. The molecule has 0 saturated carbocycles. The Labute approximate surface area is 247 Å². The minimum atomic E-state index is -0.386. The van der Waals surface area contributed by atoms with Crippen molar-refractivity contribution in [1.82, 2.24) is 14.3 Å². The number of nitrogens with one attached hydrogen (secondary N) is 3. The monoisotopic (exact) mass is 597 g/mol. The molecule has 5 heterocycles. The van der Waals surface area contributed by atoms with Gasteiger partial charge in [-0.1, -0.05) is 30.0 Å². The summed E-state index contributed by atoms with van der Waals surface area (Å²) in [5.74, 6) is -0.213. The van der Waals surface area contributed by atoms with Crippen LogP contribution in [0.3, 0.4) is 0 Å². The fourth-order valence-corrected chi connectivity index (χ4v) is 6.56. The van der Waals surface area contributed by atoms with E-state index in [0.29, 0.717) is 64.3 Å². The molecule has 210 valence electrons. The summed E-state index contributed by atoms with van der Waals surface area (Å²) in [5, 5.41) is 16.2. The van der Waals surface area contributed by atoms with E-state index in [9.17, 15) is 19.6 Å². The summed E-state index contributed by atoms with van der Waals surface area (Å²) < 4.78 is 2.67. The molecule has 0 fully saturated rings. The van der Waals surface area contributed by atoms with E-state index in [1.165, 1.54) is 12.4 Å². The molecular formula is C28H23N9O3S2. The van der Waals surface area contributed by atoms with Crippen LogP contribution in [0.1, 0.15) is 43.2 Å². The van der Waals surface area contributed by atoms with Gasteiger partial charge in [0.05, 0.1) is 29.6 Å². The molecule has 2 amide bonds. The van der Waals surface area contributed by atoms with Crippen LogP contribution >= 0.6 is 22.9 Å². The largest absolute Gasteiger partial charge is 0.383 e. The molecule has 14 heteroatoms. The van der Waals surface area contributed by atoms with Gasteiger partial charge in [0.15, 0.2) is 5.13 Å². The van der Waals surface area contributed by atoms with Gasteiger partial charge in [0, 0.05) is 25.0 Å². The van der Waals surface area contributed by atoms with Crippen LogP contribution in [0.2, 0.25) is 0 Å². The highest BCUT2D eigenvalue weighted by atomic mass is 32.1. The van der Waals surface area contributed by atoms with Gasteiger partial charge in [0.1, 0.15) is 27.3 Å². The van der Waals surface area contributed by atoms with Crippen molar-refractivity contribution in [3.8, 4) is 6.07 Å². The lowest BCUT2D eigenvalue weighted by atomic mass is 10.1. The van der Waals surface area contributed by atoms with Crippen molar-refractivity contribution in [2.75, 3.05) is 28.6 Å². The highest BCUT2D eigenvalue weighted by Gasteiger charge is 2.31. The number of nitriles is 1. The quantitative estimate of drug-likeness (QED) is 0.176. The maximum atomic E-state index is 13.4. The molecule has 4 aromatic rings. The summed E-state index contributed by atoms with van der Waals surface area (Å²) in [6.07, 6.45) is 6.03. The first-order chi connectivity index (χ1) is 20.4. The fourth-order valence-electron chi connectivity index (χ4n) is 4.98. The Kier molecular flexibility index (Phi) is 7.11. The van der Waals surface area contributed by atoms with Crippen LogP contribution in [0.5, 0.6) is 0 Å². The van der Waals surface area contributed by atoms with E-state index in [1.54, 1.807) is 11.0 Å². The van der Waals surface area contributed by atoms with E-state index in [0.717, 1.165) is 45.2 Å². The number of rotatable bonds is 8. The number of nitrogens with two attached hydrogens (primary N) is 1. The van der Waals surface area contributed by atoms with Gasteiger partial charge in [-0.2, -0.15) is 5.26 Å². The van der Waals surface area contributed by atoms with Gasteiger partial charge in [0.2, 0.25) is 5.91 Å². The van der Waals surface area contributed by atoms with Crippen LogP contribution in [-0.4, -0.2) is 45.1 Å². The van der Waals surface area contributed by atoms with E-state index in [-0.39, 0.29) is 28.8 Å². The summed E-state index contributed by atoms with van der Waals surface area (Å²) in [6, 6.07) is 7.95. The van der Waals surface area contributed by atoms with Crippen LogP contribution < -0.4 is 26.8 Å². The number of hydrogen-bond acceptors (Lipinski definition) is 10. The van der Waals surface area contributed by atoms with Crippen molar-refractivity contribution in [2.24, 2.45) is 10.7 Å². The highest BCUT2D eigenvalue weighted by Crippen LogP contribution is 2.36. The summed E-state index contributed by atoms with van der Waals surface area (Å²) in [6.45, 7) is 4.54. The van der Waals surface area contributed by atoms with Crippen LogP contribution in [0.25, 0.3) is 6.08 Å². The van der Waals surface area contributed by atoms with Gasteiger partial charge in [-0.05, 0) is 53.2 Å². The molecule has 1 aromatic carbocycles. The fraction of sp³-hybridized carbons (Fsp3) is 0.179. The molecule has 0 radical (unpaired) electrons. The lowest BCUT2D eigenvalue weighted by Gasteiger charge is -2.18. The van der Waals surface area contributed by atoms with Crippen molar-refractivity contribution in [1.29, 1.82) is 5.26 Å². The normalized spacial score (nSPS) is 13.8. The first-order valence-electron chi connectivity index (χ1n) is 12.9. The van der Waals surface area contributed by atoms with Gasteiger partial charge in [-0.15, -0.1) is 0 Å². The second-order valence-corrected chi connectivity index (χ2v) is 11.4. The third-order valence-electron chi connectivity index (χ3n) is 6.98. The topological polar surface area (TPSA) is 182 Å². The number of fused-ring (bicyclic) bond motifs is 2. The number of amidine groups is 1. The van der Waals surface area contributed by atoms with Gasteiger partial charge in [-0.25, -0.2) is 4.98 Å². The van der Waals surface area contributed by atoms with Crippen molar-refractivity contribution in [3.05, 3.63) is 85.9 Å². The number of aliphatic imine (C=N–C) groups is 1. The number of anilines is 4. The zero-order chi connectivity index (χ0) is 29.4. The Morgan fingerprint density at radius 1 is 1.31 bits per heavy atom. The van der Waals surface area contributed by atoms with Crippen LogP contribution in [0, 0.1) is 11.3 Å². The number of hydrogen-bond donors (Lipinski definition) is 4. The van der Waals surface area contributed by atoms with E-state index in [1.807, 2.05) is 18.2 Å². The molecule has 2 aliphatic heterocycles. The number of thiazole rings is 1. The Morgan fingerprint density at radius 3 is 2.98 bits per heavy atom. The maximum Gasteiger partial charge on any atom is 0.271 e. The minimum Gasteiger partial charge on any atom is -0.383 e. The molecule has 0 bridgehead atoms. The molecule has 6 rings (SSSR count). The number of aromatic nitrogens is 3. The Balaban J connectivity index is 1.16. The van der Waals surface area contributed by atoms with Crippen LogP contribution in [0.4, 0.5) is 21.5 Å². The highest BCUT2D eigenvalue weighted by molar-refractivity contribution is 7.18. The standard InChI is InChI=1S/C28H23N9O3S2/c1-2-18-23-17(16(11-29)12-32-18)6-8-37(23)27(40)20-13-33-28(41-20)35-26-22(25(39)36-42-26)24(30)31-7-5-14-3-4-15-10-21(38)34-19(15)9-14/h2-4,9,12-13H,1,5-8,10H2,(H2,30,31)(H,33,35)(H,34,38)(H,36,39). The third kappa shape index (κ3) is 4.95. The second kappa shape index (κ2) is 11.0. The summed E-state index contributed by atoms with van der Waals surface area (Å²) in [5.41, 5.74) is 11.2. The predicted octanol–water partition coefficient (Wildman–Crippen LogP) is 3.19. The van der Waals surface area contributed by atoms with Gasteiger partial charge >= 0.3 is 0 Å². The maximum absolute atomic E-state index is 13.4. The minimum absolute atomic E-state index is 0.0208. The van der Waals surface area contributed by atoms with Crippen molar-refractivity contribution in [2.45, 2.75) is 19.3 Å². The van der Waals surface area contributed by atoms with Crippen molar-refractivity contribution >= 4 is 68.1 Å². The van der Waals surface area contributed by atoms with Gasteiger partial charge < -0.3 is 21.3 Å². The molecule has 12 nitrogen and oxygen atoms in total. The average Bonchev–Trinajstić information content (AvgIpc) is 3.78. The molecule has 0 spiro atoms. The van der Waals surface area contributed by atoms with E-state index in [4.69, 9.17) is 5.73 Å². The second-order valence-electron chi connectivity index (χ2n) is 9.53. The third-order valence-corrected chi connectivity index (χ3v) is 8.67. The average molecular weight is 598 g/mol. The van der Waals surface area contributed by atoms with E-state index < -0.39 is 0 Å². The van der Waals surface area contributed by atoms with Crippen molar-refractivity contribution in [3.63, 3.8) is 0 Å². The van der Waals surface area contributed by atoms with Crippen LogP contribution in [0.15, 0.2) is 47.0 Å². The number of benzene rings is 1. The zero-order valence-electron chi connectivity index (χ0n) is 22.1. The number of carbonyl (C=O) groups excluding carboxylic acids is 2. The number of nitrogens with zero attached hydrogens (tertiary/aromatic N) is 5.